The number of carbonyl (C=O) groups excluding carboxylic acids is 1. The van der Waals surface area contributed by atoms with Crippen LogP contribution >= 0.6 is 11.6 Å². The molecule has 1 amide bonds. The van der Waals surface area contributed by atoms with Gasteiger partial charge in [0.15, 0.2) is 0 Å². The lowest BCUT2D eigenvalue weighted by Crippen LogP contribution is -2.28. The Morgan fingerprint density at radius 3 is 2.50 bits per heavy atom. The lowest BCUT2D eigenvalue weighted by molar-refractivity contribution is -0.114. The summed E-state index contributed by atoms with van der Waals surface area (Å²) >= 11 is 6.04. The Hall–Kier alpha value is -3.06. The van der Waals surface area contributed by atoms with Crippen LogP contribution in [0.4, 0.5) is 11.9 Å². The summed E-state index contributed by atoms with van der Waals surface area (Å²) in [5.74, 6) is 1.48. The standard InChI is InChI=1S/C20H20ClN5O2/c1-12(27)22-19-24-20-23-17(13-3-7-15(21)8-4-13)11-18(26(20)25-19)14-5-9-16(28-2)10-6-14/h3-10,17-18H,11H2,1-2H3,(H2,22,23,24,25,27)/t17-,18-/m0/s1. The first kappa shape index (κ1) is 18.3. The second-order valence-corrected chi connectivity index (χ2v) is 7.09. The molecule has 3 aromatic rings. The van der Waals surface area contributed by atoms with Crippen LogP contribution in [0.5, 0.6) is 5.75 Å². The van der Waals surface area contributed by atoms with Crippen LogP contribution < -0.4 is 15.4 Å². The van der Waals surface area contributed by atoms with Gasteiger partial charge in [-0.15, -0.1) is 5.10 Å². The van der Waals surface area contributed by atoms with E-state index in [-0.39, 0.29) is 23.9 Å². The van der Waals surface area contributed by atoms with Gasteiger partial charge in [-0.2, -0.15) is 4.98 Å². The fourth-order valence-corrected chi connectivity index (χ4v) is 3.53. The van der Waals surface area contributed by atoms with Gasteiger partial charge in [0, 0.05) is 11.9 Å². The summed E-state index contributed by atoms with van der Waals surface area (Å²) in [5, 5.41) is 11.3. The number of carbonyl (C=O) groups is 1. The third kappa shape index (κ3) is 3.66. The van der Waals surface area contributed by atoms with Crippen molar-refractivity contribution in [2.24, 2.45) is 0 Å². The highest BCUT2D eigenvalue weighted by Crippen LogP contribution is 2.38. The summed E-state index contributed by atoms with van der Waals surface area (Å²) in [5.41, 5.74) is 2.19. The van der Waals surface area contributed by atoms with Crippen molar-refractivity contribution in [3.63, 3.8) is 0 Å². The Kier molecular flexibility index (Phi) is 4.92. The molecule has 0 fully saturated rings. The third-order valence-corrected chi connectivity index (χ3v) is 5.00. The minimum Gasteiger partial charge on any atom is -0.497 e. The van der Waals surface area contributed by atoms with E-state index in [9.17, 15) is 4.79 Å². The summed E-state index contributed by atoms with van der Waals surface area (Å²) in [6, 6.07) is 15.7. The normalized spacial score (nSPS) is 18.1. The minimum atomic E-state index is -0.210. The molecule has 0 saturated carbocycles. The van der Waals surface area contributed by atoms with Gasteiger partial charge in [0.2, 0.25) is 11.9 Å². The Balaban J connectivity index is 1.73. The first-order valence-electron chi connectivity index (χ1n) is 8.93. The average molecular weight is 398 g/mol. The van der Waals surface area contributed by atoms with Crippen LogP contribution in [0.3, 0.4) is 0 Å². The first-order chi connectivity index (χ1) is 13.5. The molecule has 0 saturated heterocycles. The highest BCUT2D eigenvalue weighted by atomic mass is 35.5. The Morgan fingerprint density at radius 2 is 1.86 bits per heavy atom. The molecule has 2 N–H and O–H groups in total. The van der Waals surface area contributed by atoms with Crippen molar-refractivity contribution in [3.8, 4) is 5.75 Å². The molecule has 0 radical (unpaired) electrons. The van der Waals surface area contributed by atoms with Crippen LogP contribution in [0.15, 0.2) is 48.5 Å². The molecule has 0 aliphatic carbocycles. The molecule has 0 unspecified atom stereocenters. The number of fused-ring (bicyclic) bond motifs is 1. The molecule has 28 heavy (non-hydrogen) atoms. The molecule has 8 heteroatoms. The zero-order chi connectivity index (χ0) is 19.7. The number of rotatable bonds is 4. The van der Waals surface area contributed by atoms with E-state index < -0.39 is 0 Å². The van der Waals surface area contributed by atoms with Crippen LogP contribution in [0.1, 0.15) is 36.6 Å². The van der Waals surface area contributed by atoms with E-state index in [2.05, 4.69) is 20.7 Å². The van der Waals surface area contributed by atoms with Crippen molar-refractivity contribution in [2.75, 3.05) is 17.7 Å². The SMILES string of the molecule is COc1ccc([C@@H]2C[C@@H](c3ccc(Cl)cc3)Nc3nc(NC(C)=O)nn32)cc1. The molecule has 1 aromatic heterocycles. The van der Waals surface area contributed by atoms with Gasteiger partial charge in [-0.25, -0.2) is 4.68 Å². The van der Waals surface area contributed by atoms with Gasteiger partial charge < -0.3 is 10.1 Å². The summed E-state index contributed by atoms with van der Waals surface area (Å²) in [7, 11) is 1.64. The molecule has 1 aliphatic rings. The van der Waals surface area contributed by atoms with Gasteiger partial charge in [0.05, 0.1) is 19.2 Å². The van der Waals surface area contributed by atoms with Crippen LogP contribution in [-0.2, 0) is 4.79 Å². The lowest BCUT2D eigenvalue weighted by Gasteiger charge is -2.31. The first-order valence-corrected chi connectivity index (χ1v) is 9.31. The van der Waals surface area contributed by atoms with Gasteiger partial charge in [-0.1, -0.05) is 35.9 Å². The highest BCUT2D eigenvalue weighted by Gasteiger charge is 2.31. The molecule has 2 atom stereocenters. The number of nitrogens with one attached hydrogen (secondary N) is 2. The van der Waals surface area contributed by atoms with E-state index in [0.29, 0.717) is 11.0 Å². The highest BCUT2D eigenvalue weighted by molar-refractivity contribution is 6.30. The van der Waals surface area contributed by atoms with Gasteiger partial charge in [-0.05, 0) is 41.8 Å². The molecule has 2 aromatic carbocycles. The van der Waals surface area contributed by atoms with Gasteiger partial charge in [0.25, 0.3) is 5.95 Å². The maximum atomic E-state index is 11.4. The van der Waals surface area contributed by atoms with Crippen LogP contribution in [0, 0.1) is 0 Å². The number of ether oxygens (including phenoxy) is 1. The number of halogens is 1. The predicted octanol–water partition coefficient (Wildman–Crippen LogP) is 4.04. The van der Waals surface area contributed by atoms with Crippen molar-refractivity contribution < 1.29 is 9.53 Å². The smallest absolute Gasteiger partial charge is 0.250 e. The Labute approximate surface area is 167 Å². The molecule has 2 heterocycles. The molecule has 0 spiro atoms. The summed E-state index contributed by atoms with van der Waals surface area (Å²) in [6.07, 6.45) is 0.768. The van der Waals surface area contributed by atoms with E-state index in [1.165, 1.54) is 6.92 Å². The monoisotopic (exact) mass is 397 g/mol. The molecule has 7 nitrogen and oxygen atoms in total. The van der Waals surface area contributed by atoms with Crippen LogP contribution in [0.2, 0.25) is 5.02 Å². The predicted molar refractivity (Wildman–Crippen MR) is 108 cm³/mol. The quantitative estimate of drug-likeness (QED) is 0.694. The zero-order valence-corrected chi connectivity index (χ0v) is 16.3. The largest absolute Gasteiger partial charge is 0.497 e. The number of benzene rings is 2. The van der Waals surface area contributed by atoms with Crippen LogP contribution in [-0.4, -0.2) is 27.8 Å². The van der Waals surface area contributed by atoms with Gasteiger partial charge in [-0.3, -0.25) is 10.1 Å². The second kappa shape index (κ2) is 7.52. The van der Waals surface area contributed by atoms with E-state index >= 15 is 0 Å². The minimum absolute atomic E-state index is 0.0336. The van der Waals surface area contributed by atoms with Gasteiger partial charge in [0.1, 0.15) is 5.75 Å². The van der Waals surface area contributed by atoms with E-state index in [1.54, 1.807) is 7.11 Å². The Morgan fingerprint density at radius 1 is 1.18 bits per heavy atom. The number of nitrogens with zero attached hydrogens (tertiary/aromatic N) is 3. The average Bonchev–Trinajstić information content (AvgIpc) is 3.09. The fourth-order valence-electron chi connectivity index (χ4n) is 3.41. The molecular formula is C20H20ClN5O2. The topological polar surface area (TPSA) is 81.1 Å². The van der Waals surface area contributed by atoms with Gasteiger partial charge >= 0.3 is 0 Å². The van der Waals surface area contributed by atoms with Crippen molar-refractivity contribution in [1.82, 2.24) is 14.8 Å². The summed E-state index contributed by atoms with van der Waals surface area (Å²) in [4.78, 5) is 15.9. The maximum Gasteiger partial charge on any atom is 0.250 e. The zero-order valence-electron chi connectivity index (χ0n) is 15.5. The molecule has 144 valence electrons. The molecule has 4 rings (SSSR count). The number of aromatic nitrogens is 3. The summed E-state index contributed by atoms with van der Waals surface area (Å²) in [6.45, 7) is 1.44. The van der Waals surface area contributed by atoms with Crippen LogP contribution in [0.25, 0.3) is 0 Å². The van der Waals surface area contributed by atoms with E-state index in [4.69, 9.17) is 16.3 Å². The molecule has 1 aliphatic heterocycles. The number of amides is 1. The lowest BCUT2D eigenvalue weighted by atomic mass is 9.93. The molecule has 0 bridgehead atoms. The molecular weight excluding hydrogens is 378 g/mol. The second-order valence-electron chi connectivity index (χ2n) is 6.66. The van der Waals surface area contributed by atoms with Crippen molar-refractivity contribution in [2.45, 2.75) is 25.4 Å². The van der Waals surface area contributed by atoms with Crippen molar-refractivity contribution in [3.05, 3.63) is 64.7 Å². The van der Waals surface area contributed by atoms with Crippen molar-refractivity contribution in [1.29, 1.82) is 0 Å². The maximum absolute atomic E-state index is 11.4. The summed E-state index contributed by atoms with van der Waals surface area (Å²) < 4.78 is 7.09. The third-order valence-electron chi connectivity index (χ3n) is 4.75. The Bertz CT molecular complexity index is 985. The number of hydrogen-bond donors (Lipinski definition) is 2. The van der Waals surface area contributed by atoms with E-state index in [0.717, 1.165) is 23.3 Å². The number of hydrogen-bond acceptors (Lipinski definition) is 5. The number of anilines is 2. The fraction of sp³-hybridized carbons (Fsp3) is 0.250. The van der Waals surface area contributed by atoms with E-state index in [1.807, 2.05) is 53.2 Å². The number of methoxy groups -OCH3 is 1. The van der Waals surface area contributed by atoms with Crippen molar-refractivity contribution >= 4 is 29.4 Å².